The lowest BCUT2D eigenvalue weighted by Gasteiger charge is -2.21. The maximum absolute atomic E-state index is 8.31. The normalized spacial score (nSPS) is 18.1. The van der Waals surface area contributed by atoms with Crippen molar-refractivity contribution in [1.29, 1.82) is 5.26 Å². The third-order valence-electron chi connectivity index (χ3n) is 1.91. The van der Waals surface area contributed by atoms with E-state index >= 15 is 0 Å². The first-order chi connectivity index (χ1) is 5.43. The molecule has 2 heteroatoms. The van der Waals surface area contributed by atoms with Crippen molar-refractivity contribution >= 4 is 0 Å². The number of rotatable bonds is 3. The van der Waals surface area contributed by atoms with Gasteiger partial charge in [-0.05, 0) is 19.4 Å². The molecule has 0 aromatic rings. The lowest BCUT2D eigenvalue weighted by Crippen LogP contribution is -2.28. The van der Waals surface area contributed by atoms with Gasteiger partial charge in [0.05, 0.1) is 6.07 Å². The van der Waals surface area contributed by atoms with Crippen LogP contribution in [-0.4, -0.2) is 24.5 Å². The molecular weight excluding hydrogens is 136 g/mol. The molecule has 2 nitrogen and oxygen atoms in total. The smallest absolute Gasteiger partial charge is 0.0622 e. The molecule has 0 radical (unpaired) electrons. The van der Waals surface area contributed by atoms with Gasteiger partial charge in [-0.25, -0.2) is 0 Å². The lowest BCUT2D eigenvalue weighted by atomic mass is 10.2. The van der Waals surface area contributed by atoms with Gasteiger partial charge in [0, 0.05) is 19.5 Å². The number of nitrogens with zero attached hydrogens (tertiary/aromatic N) is 2. The first kappa shape index (κ1) is 8.29. The third-order valence-corrected chi connectivity index (χ3v) is 1.91. The van der Waals surface area contributed by atoms with Gasteiger partial charge in [0.1, 0.15) is 0 Å². The predicted octanol–water partition coefficient (Wildman–Crippen LogP) is 1.55. The molecule has 0 aromatic heterocycles. The molecule has 0 atom stereocenters. The van der Waals surface area contributed by atoms with E-state index in [1.54, 1.807) is 0 Å². The van der Waals surface area contributed by atoms with Crippen LogP contribution in [0, 0.1) is 11.3 Å². The Morgan fingerprint density at radius 3 is 3.00 bits per heavy atom. The van der Waals surface area contributed by atoms with E-state index in [2.05, 4.69) is 23.1 Å². The van der Waals surface area contributed by atoms with Gasteiger partial charge in [-0.1, -0.05) is 12.2 Å². The topological polar surface area (TPSA) is 27.0 Å². The molecule has 1 aliphatic heterocycles. The summed E-state index contributed by atoms with van der Waals surface area (Å²) in [5, 5.41) is 8.31. The second-order valence-corrected chi connectivity index (χ2v) is 2.82. The maximum atomic E-state index is 8.31. The predicted molar refractivity (Wildman–Crippen MR) is 45.0 cm³/mol. The molecule has 11 heavy (non-hydrogen) atoms. The highest BCUT2D eigenvalue weighted by Gasteiger charge is 2.03. The zero-order chi connectivity index (χ0) is 7.94. The van der Waals surface area contributed by atoms with Crippen LogP contribution in [0.25, 0.3) is 0 Å². The summed E-state index contributed by atoms with van der Waals surface area (Å²) in [5.41, 5.74) is 0. The molecular formula is C9H14N2. The van der Waals surface area contributed by atoms with E-state index in [0.29, 0.717) is 6.42 Å². The van der Waals surface area contributed by atoms with Crippen LogP contribution in [0.4, 0.5) is 0 Å². The van der Waals surface area contributed by atoms with Gasteiger partial charge in [-0.15, -0.1) is 0 Å². The highest BCUT2D eigenvalue weighted by Crippen LogP contribution is 2.02. The summed E-state index contributed by atoms with van der Waals surface area (Å²) in [6.45, 7) is 3.32. The quantitative estimate of drug-likeness (QED) is 0.451. The molecule has 0 fully saturated rings. The van der Waals surface area contributed by atoms with E-state index < -0.39 is 0 Å². The van der Waals surface area contributed by atoms with Gasteiger partial charge in [-0.3, -0.25) is 4.90 Å². The standard InChI is InChI=1S/C9H14N2/c10-6-2-5-9-11-7-3-1-4-8-11/h1,3H,2,4-5,7-9H2. The summed E-state index contributed by atoms with van der Waals surface area (Å²) < 4.78 is 0. The van der Waals surface area contributed by atoms with Gasteiger partial charge in [-0.2, -0.15) is 5.26 Å². The van der Waals surface area contributed by atoms with Crippen molar-refractivity contribution in [2.75, 3.05) is 19.6 Å². The molecule has 0 aliphatic carbocycles. The Hall–Kier alpha value is -0.810. The Morgan fingerprint density at radius 2 is 2.36 bits per heavy atom. The van der Waals surface area contributed by atoms with Gasteiger partial charge >= 0.3 is 0 Å². The molecule has 0 unspecified atom stereocenters. The summed E-state index contributed by atoms with van der Waals surface area (Å²) >= 11 is 0. The Bertz CT molecular complexity index is 167. The van der Waals surface area contributed by atoms with E-state index in [0.717, 1.165) is 19.5 Å². The summed E-state index contributed by atoms with van der Waals surface area (Å²) in [6, 6.07) is 2.16. The van der Waals surface area contributed by atoms with E-state index in [1.807, 2.05) is 0 Å². The van der Waals surface area contributed by atoms with E-state index in [1.165, 1.54) is 13.0 Å². The minimum Gasteiger partial charge on any atom is -0.299 e. The number of hydrogen-bond acceptors (Lipinski definition) is 2. The highest BCUT2D eigenvalue weighted by atomic mass is 15.1. The van der Waals surface area contributed by atoms with Crippen LogP contribution in [-0.2, 0) is 0 Å². The molecule has 1 rings (SSSR count). The molecule has 0 aromatic carbocycles. The number of unbranched alkanes of at least 4 members (excludes halogenated alkanes) is 1. The molecule has 60 valence electrons. The lowest BCUT2D eigenvalue weighted by molar-refractivity contribution is 0.296. The van der Waals surface area contributed by atoms with E-state index in [9.17, 15) is 0 Å². The average molecular weight is 150 g/mol. The maximum Gasteiger partial charge on any atom is 0.0622 e. The molecule has 0 N–H and O–H groups in total. The van der Waals surface area contributed by atoms with Gasteiger partial charge < -0.3 is 0 Å². The second kappa shape index (κ2) is 4.92. The van der Waals surface area contributed by atoms with Crippen LogP contribution in [0.1, 0.15) is 19.3 Å². The van der Waals surface area contributed by atoms with Crippen molar-refractivity contribution < 1.29 is 0 Å². The van der Waals surface area contributed by atoms with Crippen LogP contribution >= 0.6 is 0 Å². The molecule has 1 aliphatic rings. The van der Waals surface area contributed by atoms with Crippen molar-refractivity contribution in [3.8, 4) is 6.07 Å². The SMILES string of the molecule is N#CCCCN1CC=CCC1. The molecule has 0 spiro atoms. The van der Waals surface area contributed by atoms with Crippen LogP contribution in [0.2, 0.25) is 0 Å². The minimum absolute atomic E-state index is 0.695. The Morgan fingerprint density at radius 1 is 1.45 bits per heavy atom. The van der Waals surface area contributed by atoms with Crippen molar-refractivity contribution in [2.45, 2.75) is 19.3 Å². The van der Waals surface area contributed by atoms with Gasteiger partial charge in [0.15, 0.2) is 0 Å². The zero-order valence-electron chi connectivity index (χ0n) is 6.79. The molecule has 0 saturated carbocycles. The highest BCUT2D eigenvalue weighted by molar-refractivity contribution is 4.90. The molecule has 1 heterocycles. The third kappa shape index (κ3) is 3.20. The summed E-state index contributed by atoms with van der Waals surface area (Å²) in [4.78, 5) is 2.39. The largest absolute Gasteiger partial charge is 0.299 e. The van der Waals surface area contributed by atoms with Crippen LogP contribution in [0.5, 0.6) is 0 Å². The molecule has 0 amide bonds. The Labute approximate surface area is 68.1 Å². The fourth-order valence-electron chi connectivity index (χ4n) is 1.27. The van der Waals surface area contributed by atoms with Crippen LogP contribution < -0.4 is 0 Å². The summed E-state index contributed by atoms with van der Waals surface area (Å²) in [5.74, 6) is 0. The fraction of sp³-hybridized carbons (Fsp3) is 0.667. The van der Waals surface area contributed by atoms with Crippen molar-refractivity contribution in [1.82, 2.24) is 4.90 Å². The van der Waals surface area contributed by atoms with Gasteiger partial charge in [0.25, 0.3) is 0 Å². The van der Waals surface area contributed by atoms with Crippen molar-refractivity contribution in [3.63, 3.8) is 0 Å². The molecule has 0 bridgehead atoms. The Kier molecular flexibility index (Phi) is 3.71. The summed E-state index contributed by atoms with van der Waals surface area (Å²) in [6.07, 6.45) is 7.31. The van der Waals surface area contributed by atoms with Crippen LogP contribution in [0.3, 0.4) is 0 Å². The molecule has 0 saturated heterocycles. The van der Waals surface area contributed by atoms with Crippen LogP contribution in [0.15, 0.2) is 12.2 Å². The zero-order valence-corrected chi connectivity index (χ0v) is 6.79. The number of hydrogen-bond donors (Lipinski definition) is 0. The van der Waals surface area contributed by atoms with Crippen molar-refractivity contribution in [2.24, 2.45) is 0 Å². The fourth-order valence-corrected chi connectivity index (χ4v) is 1.27. The van der Waals surface area contributed by atoms with E-state index in [-0.39, 0.29) is 0 Å². The first-order valence-electron chi connectivity index (χ1n) is 4.18. The average Bonchev–Trinajstić information content (AvgIpc) is 2.07. The Balaban J connectivity index is 2.07. The van der Waals surface area contributed by atoms with Crippen molar-refractivity contribution in [3.05, 3.63) is 12.2 Å². The van der Waals surface area contributed by atoms with Gasteiger partial charge in [0.2, 0.25) is 0 Å². The van der Waals surface area contributed by atoms with E-state index in [4.69, 9.17) is 5.26 Å². The second-order valence-electron chi connectivity index (χ2n) is 2.82. The first-order valence-corrected chi connectivity index (χ1v) is 4.18. The minimum atomic E-state index is 0.695. The summed E-state index contributed by atoms with van der Waals surface area (Å²) in [7, 11) is 0. The monoisotopic (exact) mass is 150 g/mol. The number of nitriles is 1.